The van der Waals surface area contributed by atoms with Crippen molar-refractivity contribution < 1.29 is 18.3 Å². The van der Waals surface area contributed by atoms with Crippen LogP contribution in [0.25, 0.3) is 0 Å². The lowest BCUT2D eigenvalue weighted by Crippen LogP contribution is -2.23. The quantitative estimate of drug-likeness (QED) is 0.721. The highest BCUT2D eigenvalue weighted by Gasteiger charge is 2.10. The lowest BCUT2D eigenvalue weighted by molar-refractivity contribution is -0.121. The summed E-state index contributed by atoms with van der Waals surface area (Å²) in [5.41, 5.74) is 3.65. The smallest absolute Gasteiger partial charge is 0.220 e. The minimum absolute atomic E-state index is 0. The van der Waals surface area contributed by atoms with Crippen molar-refractivity contribution in [1.82, 2.24) is 10.6 Å². The highest BCUT2D eigenvalue weighted by atomic mass is 35.5. The standard InChI is InChI=1S/C19H20F2N2O2.ClH/c20-16-5-6-18(17(21)9-16)25-7-1-2-19(24)23-10-13-3-4-14-11-22-12-15(14)8-13;/h3-6,8-9,22H,1-2,7,10-12H2,(H,23,24);1H. The van der Waals surface area contributed by atoms with Gasteiger partial charge in [0.05, 0.1) is 6.61 Å². The zero-order valence-electron chi connectivity index (χ0n) is 14.2. The molecule has 1 aliphatic heterocycles. The number of carbonyl (C=O) groups excluding carboxylic acids is 1. The van der Waals surface area contributed by atoms with Crippen LogP contribution in [0.4, 0.5) is 8.78 Å². The fraction of sp³-hybridized carbons (Fsp3) is 0.316. The Morgan fingerprint density at radius 1 is 1.12 bits per heavy atom. The highest BCUT2D eigenvalue weighted by molar-refractivity contribution is 5.85. The molecule has 0 atom stereocenters. The van der Waals surface area contributed by atoms with E-state index in [0.29, 0.717) is 13.0 Å². The molecule has 0 bridgehead atoms. The predicted octanol–water partition coefficient (Wildman–Crippen LogP) is 3.47. The maximum atomic E-state index is 13.4. The van der Waals surface area contributed by atoms with Gasteiger partial charge in [-0.05, 0) is 35.2 Å². The first-order valence-electron chi connectivity index (χ1n) is 8.28. The van der Waals surface area contributed by atoms with E-state index in [9.17, 15) is 13.6 Å². The topological polar surface area (TPSA) is 50.4 Å². The average molecular weight is 383 g/mol. The van der Waals surface area contributed by atoms with Gasteiger partial charge in [0.1, 0.15) is 5.82 Å². The van der Waals surface area contributed by atoms with E-state index in [1.807, 2.05) is 6.07 Å². The van der Waals surface area contributed by atoms with Gasteiger partial charge in [-0.3, -0.25) is 4.79 Å². The van der Waals surface area contributed by atoms with Crippen molar-refractivity contribution in [2.24, 2.45) is 0 Å². The summed E-state index contributed by atoms with van der Waals surface area (Å²) in [6.45, 7) is 2.45. The first-order chi connectivity index (χ1) is 12.1. The Morgan fingerprint density at radius 3 is 2.73 bits per heavy atom. The van der Waals surface area contributed by atoms with E-state index in [4.69, 9.17) is 4.74 Å². The molecule has 0 fully saturated rings. The molecule has 140 valence electrons. The Balaban J connectivity index is 0.00000243. The Morgan fingerprint density at radius 2 is 1.92 bits per heavy atom. The van der Waals surface area contributed by atoms with E-state index in [1.165, 1.54) is 17.2 Å². The molecule has 0 aliphatic carbocycles. The van der Waals surface area contributed by atoms with Crippen LogP contribution in [0.2, 0.25) is 0 Å². The van der Waals surface area contributed by atoms with Crippen LogP contribution in [0, 0.1) is 11.6 Å². The van der Waals surface area contributed by atoms with Crippen molar-refractivity contribution in [2.45, 2.75) is 32.5 Å². The minimum Gasteiger partial charge on any atom is -0.491 e. The van der Waals surface area contributed by atoms with E-state index >= 15 is 0 Å². The molecule has 0 spiro atoms. The molecule has 1 aliphatic rings. The summed E-state index contributed by atoms with van der Waals surface area (Å²) >= 11 is 0. The summed E-state index contributed by atoms with van der Waals surface area (Å²) < 4.78 is 31.4. The van der Waals surface area contributed by atoms with Crippen molar-refractivity contribution in [3.63, 3.8) is 0 Å². The fourth-order valence-electron chi connectivity index (χ4n) is 2.75. The lowest BCUT2D eigenvalue weighted by Gasteiger charge is -2.09. The summed E-state index contributed by atoms with van der Waals surface area (Å²) in [6.07, 6.45) is 0.742. The van der Waals surface area contributed by atoms with Gasteiger partial charge in [0.15, 0.2) is 11.6 Å². The zero-order valence-corrected chi connectivity index (χ0v) is 15.0. The largest absolute Gasteiger partial charge is 0.491 e. The summed E-state index contributed by atoms with van der Waals surface area (Å²) in [5, 5.41) is 6.15. The molecule has 0 aromatic heterocycles. The van der Waals surface area contributed by atoms with Crippen molar-refractivity contribution in [3.05, 3.63) is 64.7 Å². The third kappa shape index (κ3) is 5.41. The van der Waals surface area contributed by atoms with Crippen molar-refractivity contribution >= 4 is 18.3 Å². The number of fused-ring (bicyclic) bond motifs is 1. The number of halogens is 3. The van der Waals surface area contributed by atoms with Crippen LogP contribution in [0.3, 0.4) is 0 Å². The average Bonchev–Trinajstić information content (AvgIpc) is 3.06. The van der Waals surface area contributed by atoms with E-state index in [0.717, 1.165) is 30.8 Å². The predicted molar refractivity (Wildman–Crippen MR) is 97.2 cm³/mol. The van der Waals surface area contributed by atoms with E-state index in [-0.39, 0.29) is 37.1 Å². The van der Waals surface area contributed by atoms with Gasteiger partial charge in [-0.15, -0.1) is 12.4 Å². The van der Waals surface area contributed by atoms with Crippen LogP contribution in [0.5, 0.6) is 5.75 Å². The van der Waals surface area contributed by atoms with Gasteiger partial charge in [0, 0.05) is 32.1 Å². The second-order valence-electron chi connectivity index (χ2n) is 6.01. The van der Waals surface area contributed by atoms with E-state index < -0.39 is 11.6 Å². The fourth-order valence-corrected chi connectivity index (χ4v) is 2.75. The second-order valence-corrected chi connectivity index (χ2v) is 6.01. The van der Waals surface area contributed by atoms with Crippen LogP contribution < -0.4 is 15.4 Å². The SMILES string of the molecule is Cl.O=C(CCCOc1ccc(F)cc1F)NCc1ccc2c(c1)CNC2. The molecule has 2 aromatic carbocycles. The Hall–Kier alpha value is -2.18. The molecule has 1 amide bonds. The van der Waals surface area contributed by atoms with Crippen LogP contribution in [-0.4, -0.2) is 12.5 Å². The zero-order chi connectivity index (χ0) is 17.6. The number of hydrogen-bond acceptors (Lipinski definition) is 3. The number of carbonyl (C=O) groups is 1. The molecule has 26 heavy (non-hydrogen) atoms. The van der Waals surface area contributed by atoms with Gasteiger partial charge in [-0.25, -0.2) is 8.78 Å². The highest BCUT2D eigenvalue weighted by Crippen LogP contribution is 2.18. The molecule has 0 unspecified atom stereocenters. The Kier molecular flexibility index (Phi) is 7.36. The molecule has 2 aromatic rings. The first kappa shape index (κ1) is 20.1. The molecule has 3 rings (SSSR count). The summed E-state index contributed by atoms with van der Waals surface area (Å²) in [5.74, 6) is -1.47. The van der Waals surface area contributed by atoms with Gasteiger partial charge >= 0.3 is 0 Å². The third-order valence-corrected chi connectivity index (χ3v) is 4.09. The van der Waals surface area contributed by atoms with Crippen LogP contribution in [0.1, 0.15) is 29.5 Å². The van der Waals surface area contributed by atoms with E-state index in [2.05, 4.69) is 22.8 Å². The van der Waals surface area contributed by atoms with Gasteiger partial charge in [-0.2, -0.15) is 0 Å². The molecule has 0 saturated carbocycles. The maximum Gasteiger partial charge on any atom is 0.220 e. The third-order valence-electron chi connectivity index (χ3n) is 4.09. The first-order valence-corrected chi connectivity index (χ1v) is 8.28. The minimum atomic E-state index is -0.740. The number of amides is 1. The molecule has 0 radical (unpaired) electrons. The van der Waals surface area contributed by atoms with Crippen LogP contribution in [-0.2, 0) is 24.4 Å². The molecular weight excluding hydrogens is 362 g/mol. The Bertz CT molecular complexity index is 771. The van der Waals surface area contributed by atoms with Gasteiger partial charge < -0.3 is 15.4 Å². The van der Waals surface area contributed by atoms with Gasteiger partial charge in [0.2, 0.25) is 5.91 Å². The maximum absolute atomic E-state index is 13.4. The number of nitrogens with one attached hydrogen (secondary N) is 2. The Labute approximate surface area is 157 Å². The summed E-state index contributed by atoms with van der Waals surface area (Å²) in [6, 6.07) is 9.36. The van der Waals surface area contributed by atoms with Gasteiger partial charge in [0.25, 0.3) is 0 Å². The molecular formula is C19H21ClF2N2O2. The van der Waals surface area contributed by atoms with Crippen molar-refractivity contribution in [1.29, 1.82) is 0 Å². The van der Waals surface area contributed by atoms with Crippen LogP contribution in [0.15, 0.2) is 36.4 Å². The molecule has 0 saturated heterocycles. The number of hydrogen-bond donors (Lipinski definition) is 2. The van der Waals surface area contributed by atoms with Crippen molar-refractivity contribution in [2.75, 3.05) is 6.61 Å². The number of ether oxygens (including phenoxy) is 1. The summed E-state index contributed by atoms with van der Waals surface area (Å²) in [4.78, 5) is 11.9. The molecule has 1 heterocycles. The second kappa shape index (κ2) is 9.50. The van der Waals surface area contributed by atoms with Gasteiger partial charge in [-0.1, -0.05) is 18.2 Å². The normalized spacial score (nSPS) is 12.2. The monoisotopic (exact) mass is 382 g/mol. The molecule has 4 nitrogen and oxygen atoms in total. The molecule has 2 N–H and O–H groups in total. The number of rotatable bonds is 7. The number of benzene rings is 2. The van der Waals surface area contributed by atoms with E-state index in [1.54, 1.807) is 0 Å². The lowest BCUT2D eigenvalue weighted by atomic mass is 10.1. The molecule has 7 heteroatoms. The summed E-state index contributed by atoms with van der Waals surface area (Å²) in [7, 11) is 0. The van der Waals surface area contributed by atoms with Crippen LogP contribution >= 0.6 is 12.4 Å². The van der Waals surface area contributed by atoms with Crippen molar-refractivity contribution in [3.8, 4) is 5.75 Å².